The van der Waals surface area contributed by atoms with Gasteiger partial charge in [-0.15, -0.1) is 11.4 Å². The van der Waals surface area contributed by atoms with Crippen molar-refractivity contribution in [3.05, 3.63) is 170 Å². The maximum absolute atomic E-state index is 12.7. The number of fused-ring (bicyclic) bond motifs is 2. The van der Waals surface area contributed by atoms with Gasteiger partial charge in [-0.3, -0.25) is 50.4 Å². The Bertz CT molecular complexity index is 2400. The molecule has 0 aliphatic heterocycles. The van der Waals surface area contributed by atoms with Gasteiger partial charge in [0.15, 0.2) is 0 Å². The minimum atomic E-state index is -0.886. The number of nitro groups is 4. The van der Waals surface area contributed by atoms with E-state index in [1.54, 1.807) is 36.4 Å². The van der Waals surface area contributed by atoms with E-state index in [4.69, 9.17) is 0 Å². The quantitative estimate of drug-likeness (QED) is 0.103. The Morgan fingerprint density at radius 3 is 1.16 bits per heavy atom. The van der Waals surface area contributed by atoms with Crippen LogP contribution in [0.4, 0.5) is 34.1 Å². The van der Waals surface area contributed by atoms with Gasteiger partial charge >= 0.3 is 16.8 Å². The van der Waals surface area contributed by atoms with Crippen LogP contribution in [0.5, 0.6) is 0 Å². The molecule has 6 aromatic rings. The van der Waals surface area contributed by atoms with E-state index in [1.165, 1.54) is 36.7 Å². The zero-order valence-corrected chi connectivity index (χ0v) is 30.1. The van der Waals surface area contributed by atoms with Crippen LogP contribution in [0.2, 0.25) is 0 Å². The second kappa shape index (κ2) is 16.6. The van der Waals surface area contributed by atoms with Crippen LogP contribution in [0.3, 0.4) is 0 Å². The number of hydrogen-bond donors (Lipinski definition) is 0. The second-order valence-electron chi connectivity index (χ2n) is 11.8. The summed E-state index contributed by atoms with van der Waals surface area (Å²) in [6.45, 7) is 7.51. The first-order valence-electron chi connectivity index (χ1n) is 15.7. The Labute approximate surface area is 320 Å². The molecule has 55 heavy (non-hydrogen) atoms. The van der Waals surface area contributed by atoms with E-state index in [2.05, 4.69) is 20.6 Å². The molecule has 18 nitrogen and oxygen atoms in total. The number of benzene rings is 4. The monoisotopic (exact) mass is 789 g/mol. The molecule has 0 fully saturated rings. The average Bonchev–Trinajstić information content (AvgIpc) is 3.13. The largest absolute Gasteiger partial charge is 2.00 e. The Hall–Kier alpha value is -7.25. The molecule has 19 heteroatoms. The minimum Gasteiger partial charge on any atom is -0.622 e. The van der Waals surface area contributed by atoms with Crippen LogP contribution in [0, 0.1) is 68.2 Å². The fourth-order valence-electron chi connectivity index (χ4n) is 5.37. The summed E-state index contributed by atoms with van der Waals surface area (Å²) in [5.41, 5.74) is 1.10. The number of non-ortho nitro benzene ring substituents is 2. The fourth-order valence-corrected chi connectivity index (χ4v) is 5.37. The Kier molecular flexibility index (Phi) is 12.2. The number of carbonyl (C=O) groups excluding carboxylic acids is 2. The summed E-state index contributed by atoms with van der Waals surface area (Å²) < 4.78 is 0. The molecule has 0 saturated heterocycles. The normalized spacial score (nSPS) is 10.4. The zero-order chi connectivity index (χ0) is 39.4. The van der Waals surface area contributed by atoms with Crippen LogP contribution in [-0.4, -0.2) is 41.5 Å². The molecular formula is C36H26CoN8O10. The first kappa shape index (κ1) is 40.5. The summed E-state index contributed by atoms with van der Waals surface area (Å²) >= 11 is 0. The summed E-state index contributed by atoms with van der Waals surface area (Å²) in [6.07, 6.45) is 2.62. The van der Waals surface area contributed by atoms with E-state index in [-0.39, 0.29) is 49.7 Å². The van der Waals surface area contributed by atoms with Gasteiger partial charge in [0.1, 0.15) is 11.1 Å². The maximum atomic E-state index is 12.7. The molecule has 0 saturated carbocycles. The predicted molar refractivity (Wildman–Crippen MR) is 197 cm³/mol. The fraction of sp³-hybridized carbons (Fsp3) is 0.111. The van der Waals surface area contributed by atoms with Crippen molar-refractivity contribution in [1.29, 1.82) is 0 Å². The molecule has 0 unspecified atom stereocenters. The Morgan fingerprint density at radius 2 is 0.855 bits per heavy atom. The van der Waals surface area contributed by atoms with Crippen molar-refractivity contribution in [2.75, 3.05) is 0 Å². The van der Waals surface area contributed by atoms with Crippen molar-refractivity contribution >= 4 is 67.7 Å². The molecular weight excluding hydrogens is 763 g/mol. The number of aryl methyl sites for hydroxylation is 4. The van der Waals surface area contributed by atoms with Crippen molar-refractivity contribution in [2.45, 2.75) is 27.7 Å². The van der Waals surface area contributed by atoms with Crippen LogP contribution in [0.25, 0.3) is 32.4 Å². The smallest absolute Gasteiger partial charge is 0.622 e. The predicted octanol–water partition coefficient (Wildman–Crippen LogP) is 9.02. The number of rotatable bonds is 8. The number of carbonyl (C=O) groups is 2. The van der Waals surface area contributed by atoms with Crippen LogP contribution in [-0.2, 0) is 16.8 Å². The molecule has 0 aliphatic carbocycles. The molecule has 1 radical (unpaired) electrons. The number of amides is 2. The Morgan fingerprint density at radius 1 is 0.509 bits per heavy atom. The van der Waals surface area contributed by atoms with Gasteiger partial charge in [-0.05, 0) is 74.2 Å². The molecule has 2 amide bonds. The van der Waals surface area contributed by atoms with Gasteiger partial charge in [0, 0.05) is 12.4 Å². The van der Waals surface area contributed by atoms with E-state index >= 15 is 0 Å². The van der Waals surface area contributed by atoms with Crippen LogP contribution in [0.15, 0.2) is 85.2 Å². The molecule has 0 bridgehead atoms. The third-order valence-electron chi connectivity index (χ3n) is 8.36. The van der Waals surface area contributed by atoms with E-state index in [0.29, 0.717) is 11.4 Å². The van der Waals surface area contributed by atoms with Crippen molar-refractivity contribution in [3.63, 3.8) is 0 Å². The van der Waals surface area contributed by atoms with Crippen LogP contribution >= 0.6 is 0 Å². The summed E-state index contributed by atoms with van der Waals surface area (Å²) in [5.74, 6) is -1.77. The van der Waals surface area contributed by atoms with Gasteiger partial charge in [-0.25, -0.2) is 0 Å². The third-order valence-corrected chi connectivity index (χ3v) is 8.36. The number of nitrogens with zero attached hydrogens (tertiary/aromatic N) is 8. The van der Waals surface area contributed by atoms with Crippen molar-refractivity contribution in [2.24, 2.45) is 0 Å². The molecule has 4 aromatic carbocycles. The first-order chi connectivity index (χ1) is 25.6. The van der Waals surface area contributed by atoms with Gasteiger partial charge in [0.2, 0.25) is 0 Å². The molecule has 6 rings (SSSR count). The number of pyridine rings is 2. The van der Waals surface area contributed by atoms with E-state index in [0.717, 1.165) is 34.4 Å². The molecule has 0 spiro atoms. The standard InChI is InChI=1S/2C18H14N4O5.Co/c2*1-10-5-6-12(8-11(10)2)20-18(23)16-15(22(26)27)9-14(21(24)25)13-4-3-7-19-17(13)16;/h2*3-9H,1-2H3,(H,20,23);/q;;+2/p-2. The number of hydrogen-bond acceptors (Lipinski definition) is 12. The maximum Gasteiger partial charge on any atom is 2.00 e. The van der Waals surface area contributed by atoms with Crippen molar-refractivity contribution < 1.29 is 46.1 Å². The van der Waals surface area contributed by atoms with E-state index in [1.807, 2.05) is 27.7 Å². The number of nitro benzene ring substituents is 4. The van der Waals surface area contributed by atoms with Crippen molar-refractivity contribution in [1.82, 2.24) is 9.97 Å². The average molecular weight is 790 g/mol. The summed E-state index contributed by atoms with van der Waals surface area (Å²) in [4.78, 5) is 75.7. The zero-order valence-electron chi connectivity index (χ0n) is 29.1. The van der Waals surface area contributed by atoms with Crippen LogP contribution < -0.4 is 0 Å². The Balaban J connectivity index is 0.000000240. The van der Waals surface area contributed by atoms with Gasteiger partial charge in [-0.2, -0.15) is 0 Å². The third kappa shape index (κ3) is 8.53. The van der Waals surface area contributed by atoms with E-state index in [9.17, 15) is 50.0 Å². The molecule has 279 valence electrons. The van der Waals surface area contributed by atoms with Crippen LogP contribution in [0.1, 0.15) is 43.0 Å². The molecule has 2 heterocycles. The first-order valence-corrected chi connectivity index (χ1v) is 15.7. The van der Waals surface area contributed by atoms with E-state index < -0.39 is 54.3 Å². The summed E-state index contributed by atoms with van der Waals surface area (Å²) in [5, 5.41) is 53.4. The molecule has 0 aliphatic rings. The minimum absolute atomic E-state index is 0. The second-order valence-corrected chi connectivity index (χ2v) is 11.8. The van der Waals surface area contributed by atoms with Gasteiger partial charge in [0.25, 0.3) is 22.7 Å². The SMILES string of the molecule is Cc1ccc([N-]C(=O)c2c([N+](=O)[O-])cc([N+](=O)[O-])c3cccnc23)cc1C.Cc1ccc([N-]C(=O)c2c([N+](=O)[O-])cc([N+](=O)[O-])c3cccnc23)cc1C.[Co+2]. The molecule has 0 N–H and O–H groups in total. The van der Waals surface area contributed by atoms with Gasteiger partial charge < -0.3 is 20.2 Å². The van der Waals surface area contributed by atoms with Gasteiger partial charge in [-0.1, -0.05) is 36.4 Å². The van der Waals surface area contributed by atoms with Gasteiger partial charge in [0.05, 0.1) is 65.4 Å². The molecule has 2 aromatic heterocycles. The number of aromatic nitrogens is 2. The summed E-state index contributed by atoms with van der Waals surface area (Å²) in [7, 11) is 0. The summed E-state index contributed by atoms with van der Waals surface area (Å²) in [6, 6.07) is 17.4. The topological polar surface area (TPSA) is 261 Å². The van der Waals surface area contributed by atoms with Crippen molar-refractivity contribution in [3.8, 4) is 0 Å². The molecule has 0 atom stereocenters.